The zero-order chi connectivity index (χ0) is 18.4. The van der Waals surface area contributed by atoms with Crippen LogP contribution in [-0.2, 0) is 9.53 Å². The van der Waals surface area contributed by atoms with Crippen LogP contribution in [0.15, 0.2) is 41.8 Å². The van der Waals surface area contributed by atoms with E-state index in [0.29, 0.717) is 23.0 Å². The highest BCUT2D eigenvalue weighted by Crippen LogP contribution is 2.31. The van der Waals surface area contributed by atoms with E-state index < -0.39 is 5.97 Å². The number of aromatic nitrogens is 2. The lowest BCUT2D eigenvalue weighted by Gasteiger charge is -2.24. The van der Waals surface area contributed by atoms with Gasteiger partial charge in [-0.05, 0) is 37.1 Å². The quantitative estimate of drug-likeness (QED) is 0.614. The first-order valence-corrected chi connectivity index (χ1v) is 9.80. The van der Waals surface area contributed by atoms with Crippen molar-refractivity contribution < 1.29 is 14.3 Å². The van der Waals surface area contributed by atoms with Crippen molar-refractivity contribution in [3.8, 4) is 0 Å². The molecule has 1 aromatic heterocycles. The number of nitrogens with zero attached hydrogens (tertiary/aromatic N) is 2. The molecule has 26 heavy (non-hydrogen) atoms. The number of carbonyl (C=O) groups excluding carboxylic acids is 2. The van der Waals surface area contributed by atoms with E-state index in [1.165, 1.54) is 51.0 Å². The molecule has 0 bridgehead atoms. The Labute approximate surface area is 157 Å². The predicted molar refractivity (Wildman–Crippen MR) is 101 cm³/mol. The summed E-state index contributed by atoms with van der Waals surface area (Å²) in [5.41, 5.74) is 1.10. The maximum Gasteiger partial charge on any atom is 0.337 e. The summed E-state index contributed by atoms with van der Waals surface area (Å²) in [5, 5.41) is 3.73. The Bertz CT molecular complexity index is 752. The van der Waals surface area contributed by atoms with Crippen LogP contribution in [0.3, 0.4) is 0 Å². The summed E-state index contributed by atoms with van der Waals surface area (Å²) in [6.07, 6.45) is 10.0. The van der Waals surface area contributed by atoms with E-state index in [4.69, 9.17) is 0 Å². The monoisotopic (exact) mass is 373 g/mol. The summed E-state index contributed by atoms with van der Waals surface area (Å²) in [4.78, 5) is 28.0. The van der Waals surface area contributed by atoms with Crippen molar-refractivity contribution in [3.05, 3.63) is 42.2 Å². The van der Waals surface area contributed by atoms with E-state index in [1.54, 1.807) is 30.5 Å². The Morgan fingerprint density at radius 2 is 1.96 bits per heavy atom. The summed E-state index contributed by atoms with van der Waals surface area (Å²) in [6.45, 7) is 0. The fourth-order valence-corrected chi connectivity index (χ4v) is 4.01. The maximum absolute atomic E-state index is 12.2. The van der Waals surface area contributed by atoms with Crippen molar-refractivity contribution >= 4 is 29.3 Å². The third-order valence-electron chi connectivity index (χ3n) is 4.52. The van der Waals surface area contributed by atoms with Crippen LogP contribution >= 0.6 is 11.8 Å². The number of nitrogens with one attached hydrogen (secondary N) is 1. The zero-order valence-corrected chi connectivity index (χ0v) is 15.6. The van der Waals surface area contributed by atoms with E-state index in [2.05, 4.69) is 19.6 Å². The number of esters is 1. The Kier molecular flexibility index (Phi) is 6.33. The topological polar surface area (TPSA) is 73.2 Å². The lowest BCUT2D eigenvalue weighted by atomic mass is 9.95. The molecule has 0 radical (unpaired) electrons. The third kappa shape index (κ3) is 4.66. The number of ether oxygens (including phenoxy) is 1. The van der Waals surface area contributed by atoms with E-state index in [9.17, 15) is 9.59 Å². The second kappa shape index (κ2) is 8.89. The van der Waals surface area contributed by atoms with Gasteiger partial charge in [-0.15, -0.1) is 0 Å². The van der Waals surface area contributed by atoms with Crippen molar-refractivity contribution in [3.63, 3.8) is 0 Å². The molecule has 1 fully saturated rings. The van der Waals surface area contributed by atoms with Gasteiger partial charge in [-0.2, -0.15) is 0 Å². The first kappa shape index (κ1) is 18.5. The van der Waals surface area contributed by atoms with Gasteiger partial charge in [0.25, 0.3) is 0 Å². The highest BCUT2D eigenvalue weighted by molar-refractivity contribution is 7.99. The zero-order valence-electron chi connectivity index (χ0n) is 14.8. The average molecular weight is 373 g/mol. The van der Waals surface area contributed by atoms with Gasteiger partial charge in [0.15, 0.2) is 5.16 Å². The number of methoxy groups -OCH3 is 1. The van der Waals surface area contributed by atoms with Crippen molar-refractivity contribution in [2.24, 2.45) is 0 Å². The van der Waals surface area contributed by atoms with E-state index >= 15 is 0 Å². The van der Waals surface area contributed by atoms with Gasteiger partial charge >= 0.3 is 5.97 Å². The normalized spacial score (nSPS) is 14.8. The van der Waals surface area contributed by atoms with Crippen LogP contribution in [0.2, 0.25) is 0 Å². The summed E-state index contributed by atoms with van der Waals surface area (Å²) in [6, 6.07) is 7.15. The van der Waals surface area contributed by atoms with Gasteiger partial charge in [0.2, 0.25) is 5.91 Å². The van der Waals surface area contributed by atoms with Gasteiger partial charge in [-0.3, -0.25) is 4.79 Å². The largest absolute Gasteiger partial charge is 0.465 e. The smallest absolute Gasteiger partial charge is 0.337 e. The van der Waals surface area contributed by atoms with E-state index in [1.807, 2.05) is 6.20 Å². The van der Waals surface area contributed by atoms with Crippen molar-refractivity contribution in [2.75, 3.05) is 18.2 Å². The Hall–Kier alpha value is -2.28. The molecule has 7 heteroatoms. The first-order chi connectivity index (χ1) is 12.7. The number of amides is 1. The number of imidazole rings is 1. The van der Waals surface area contributed by atoms with Crippen molar-refractivity contribution in [2.45, 2.75) is 43.3 Å². The number of hydrogen-bond acceptors (Lipinski definition) is 5. The molecule has 1 aromatic carbocycles. The highest BCUT2D eigenvalue weighted by atomic mass is 32.2. The van der Waals surface area contributed by atoms with Gasteiger partial charge in [0.1, 0.15) is 0 Å². The van der Waals surface area contributed by atoms with Crippen LogP contribution in [-0.4, -0.2) is 34.3 Å². The molecule has 1 saturated carbocycles. The van der Waals surface area contributed by atoms with Gasteiger partial charge < -0.3 is 14.6 Å². The molecule has 1 aliphatic carbocycles. The summed E-state index contributed by atoms with van der Waals surface area (Å²) in [7, 11) is 1.34. The third-order valence-corrected chi connectivity index (χ3v) is 5.50. The SMILES string of the molecule is COC(=O)c1ccc(NC(=O)CSc2nccn2C2CCCCC2)cc1. The summed E-state index contributed by atoms with van der Waals surface area (Å²) in [5.74, 6) is -0.199. The molecular formula is C19H23N3O3S. The van der Waals surface area contributed by atoms with Crippen LogP contribution in [0.4, 0.5) is 5.69 Å². The molecule has 0 unspecified atom stereocenters. The molecule has 6 nitrogen and oxygen atoms in total. The molecular weight excluding hydrogens is 350 g/mol. The second-order valence-electron chi connectivity index (χ2n) is 6.31. The molecule has 1 aliphatic rings. The van der Waals surface area contributed by atoms with Crippen LogP contribution in [0, 0.1) is 0 Å². The minimum atomic E-state index is -0.395. The predicted octanol–water partition coefficient (Wildman–Crippen LogP) is 3.91. The Morgan fingerprint density at radius 1 is 1.23 bits per heavy atom. The van der Waals surface area contributed by atoms with Crippen molar-refractivity contribution in [1.29, 1.82) is 0 Å². The fourth-order valence-electron chi connectivity index (χ4n) is 3.18. The van der Waals surface area contributed by atoms with E-state index in [0.717, 1.165) is 5.16 Å². The van der Waals surface area contributed by atoms with Gasteiger partial charge in [0, 0.05) is 24.1 Å². The number of carbonyl (C=O) groups is 2. The number of benzene rings is 1. The minimum Gasteiger partial charge on any atom is -0.465 e. The summed E-state index contributed by atoms with van der Waals surface area (Å²) < 4.78 is 6.87. The molecule has 0 saturated heterocycles. The lowest BCUT2D eigenvalue weighted by molar-refractivity contribution is -0.113. The Morgan fingerprint density at radius 3 is 2.65 bits per heavy atom. The first-order valence-electron chi connectivity index (χ1n) is 8.81. The molecule has 0 aliphatic heterocycles. The fraction of sp³-hybridized carbons (Fsp3) is 0.421. The van der Waals surface area contributed by atoms with Crippen LogP contribution in [0.1, 0.15) is 48.5 Å². The number of rotatable bonds is 6. The Balaban J connectivity index is 1.53. The molecule has 2 aromatic rings. The lowest BCUT2D eigenvalue weighted by Crippen LogP contribution is -2.16. The van der Waals surface area contributed by atoms with Crippen LogP contribution < -0.4 is 5.32 Å². The molecule has 1 amide bonds. The standard InChI is InChI=1S/C19H23N3O3S/c1-25-18(24)14-7-9-15(10-8-14)21-17(23)13-26-19-20-11-12-22(19)16-5-3-2-4-6-16/h7-12,16H,2-6,13H2,1H3,(H,21,23). The molecule has 1 N–H and O–H groups in total. The minimum absolute atomic E-state index is 0.0981. The maximum atomic E-state index is 12.2. The molecule has 1 heterocycles. The van der Waals surface area contributed by atoms with Gasteiger partial charge in [-0.1, -0.05) is 31.0 Å². The summed E-state index contributed by atoms with van der Waals surface area (Å²) >= 11 is 1.45. The van der Waals surface area contributed by atoms with E-state index in [-0.39, 0.29) is 5.91 Å². The molecule has 138 valence electrons. The van der Waals surface area contributed by atoms with Crippen LogP contribution in [0.5, 0.6) is 0 Å². The number of thioether (sulfide) groups is 1. The number of hydrogen-bond donors (Lipinski definition) is 1. The van der Waals surface area contributed by atoms with Crippen LogP contribution in [0.25, 0.3) is 0 Å². The van der Waals surface area contributed by atoms with Crippen molar-refractivity contribution in [1.82, 2.24) is 9.55 Å². The second-order valence-corrected chi connectivity index (χ2v) is 7.26. The number of anilines is 1. The highest BCUT2D eigenvalue weighted by Gasteiger charge is 2.18. The van der Waals surface area contributed by atoms with Gasteiger partial charge in [0.05, 0.1) is 18.4 Å². The van der Waals surface area contributed by atoms with Gasteiger partial charge in [-0.25, -0.2) is 9.78 Å². The molecule has 0 atom stereocenters. The molecule has 3 rings (SSSR count). The molecule has 0 spiro atoms. The average Bonchev–Trinajstić information content (AvgIpc) is 3.16.